The summed E-state index contributed by atoms with van der Waals surface area (Å²) in [5.74, 6) is 0.871. The molecule has 1 aromatic carbocycles. The molecule has 0 aliphatic heterocycles. The van der Waals surface area contributed by atoms with Crippen LogP contribution in [0.4, 0.5) is 5.00 Å². The highest BCUT2D eigenvalue weighted by molar-refractivity contribution is 9.10. The number of nitrogens with zero attached hydrogens (tertiary/aromatic N) is 3. The fourth-order valence-corrected chi connectivity index (χ4v) is 6.05. The third-order valence-corrected chi connectivity index (χ3v) is 7.98. The van der Waals surface area contributed by atoms with Crippen molar-refractivity contribution in [2.24, 2.45) is 0 Å². The summed E-state index contributed by atoms with van der Waals surface area (Å²) in [7, 11) is 0. The fraction of sp³-hybridized carbons (Fsp3) is 0.333. The first-order chi connectivity index (χ1) is 17.0. The first-order valence-electron chi connectivity index (χ1n) is 11.2. The van der Waals surface area contributed by atoms with Crippen molar-refractivity contribution in [1.82, 2.24) is 14.8 Å². The number of ether oxygens (including phenoxy) is 2. The summed E-state index contributed by atoms with van der Waals surface area (Å²) < 4.78 is 13.9. The number of thioether (sulfide) groups is 1. The van der Waals surface area contributed by atoms with Crippen molar-refractivity contribution >= 4 is 55.9 Å². The molecule has 0 saturated carbocycles. The number of thiophene rings is 1. The molecule has 0 spiro atoms. The van der Waals surface area contributed by atoms with Crippen molar-refractivity contribution in [2.45, 2.75) is 44.5 Å². The number of carbonyl (C=O) groups excluding carboxylic acids is 2. The van der Waals surface area contributed by atoms with Gasteiger partial charge in [0.2, 0.25) is 5.91 Å². The van der Waals surface area contributed by atoms with Crippen LogP contribution >= 0.6 is 39.0 Å². The number of benzene rings is 1. The number of esters is 1. The highest BCUT2D eigenvalue weighted by Crippen LogP contribution is 2.39. The number of allylic oxidation sites excluding steroid dienone is 1. The van der Waals surface area contributed by atoms with E-state index in [1.165, 1.54) is 23.1 Å². The van der Waals surface area contributed by atoms with E-state index in [1.54, 1.807) is 13.0 Å². The molecule has 4 rings (SSSR count). The maximum Gasteiger partial charge on any atom is 0.341 e. The number of fused-ring (bicyclic) bond motifs is 1. The van der Waals surface area contributed by atoms with Gasteiger partial charge in [0, 0.05) is 15.9 Å². The van der Waals surface area contributed by atoms with Crippen LogP contribution in [0.5, 0.6) is 5.75 Å². The standard InChI is InChI=1S/C24H25BrN4O4S2/c1-3-12-29-19(13-33-16-10-8-15(25)9-11-16)27-28-24(29)34-14-20(30)26-22-21(23(31)32-4-2)17-6-5-7-18(17)35-22/h3,8-11H,1,4-7,12-14H2,2H3,(H,26,30). The van der Waals surface area contributed by atoms with Gasteiger partial charge < -0.3 is 14.8 Å². The normalized spacial score (nSPS) is 12.3. The van der Waals surface area contributed by atoms with Gasteiger partial charge in [-0.25, -0.2) is 4.79 Å². The van der Waals surface area contributed by atoms with E-state index in [4.69, 9.17) is 9.47 Å². The maximum atomic E-state index is 12.8. The van der Waals surface area contributed by atoms with Gasteiger partial charge in [0.25, 0.3) is 0 Å². The Kier molecular flexibility index (Phi) is 8.64. The van der Waals surface area contributed by atoms with Gasteiger partial charge in [-0.1, -0.05) is 33.8 Å². The lowest BCUT2D eigenvalue weighted by molar-refractivity contribution is -0.113. The minimum Gasteiger partial charge on any atom is -0.486 e. The van der Waals surface area contributed by atoms with Crippen molar-refractivity contribution in [1.29, 1.82) is 0 Å². The molecule has 1 N–H and O–H groups in total. The molecule has 0 atom stereocenters. The summed E-state index contributed by atoms with van der Waals surface area (Å²) in [6.45, 7) is 6.60. The van der Waals surface area contributed by atoms with E-state index in [-0.39, 0.29) is 24.2 Å². The summed E-state index contributed by atoms with van der Waals surface area (Å²) in [6, 6.07) is 7.53. The number of hydrogen-bond donors (Lipinski definition) is 1. The molecule has 1 aliphatic carbocycles. The Morgan fingerprint density at radius 2 is 2.09 bits per heavy atom. The van der Waals surface area contributed by atoms with E-state index in [0.29, 0.717) is 34.7 Å². The van der Waals surface area contributed by atoms with Crippen LogP contribution in [0.25, 0.3) is 0 Å². The van der Waals surface area contributed by atoms with Crippen molar-refractivity contribution in [3.63, 3.8) is 0 Å². The van der Waals surface area contributed by atoms with Crippen LogP contribution in [-0.4, -0.2) is 39.0 Å². The molecule has 0 saturated heterocycles. The lowest BCUT2D eigenvalue weighted by Gasteiger charge is -2.10. The number of rotatable bonds is 11. The molecule has 184 valence electrons. The molecular formula is C24H25BrN4O4S2. The molecule has 8 nitrogen and oxygen atoms in total. The van der Waals surface area contributed by atoms with Crippen LogP contribution < -0.4 is 10.1 Å². The summed E-state index contributed by atoms with van der Waals surface area (Å²) >= 11 is 6.14. The highest BCUT2D eigenvalue weighted by atomic mass is 79.9. The molecule has 2 aromatic heterocycles. The number of anilines is 1. The third kappa shape index (κ3) is 6.14. The van der Waals surface area contributed by atoms with Gasteiger partial charge in [-0.2, -0.15) is 0 Å². The quantitative estimate of drug-likeness (QED) is 0.189. The number of aromatic nitrogens is 3. The Morgan fingerprint density at radius 1 is 1.29 bits per heavy atom. The SMILES string of the molecule is C=CCn1c(COc2ccc(Br)cc2)nnc1SCC(=O)Nc1sc2c(c1C(=O)OCC)CCC2. The van der Waals surface area contributed by atoms with Gasteiger partial charge in [0.05, 0.1) is 17.9 Å². The Balaban J connectivity index is 1.40. The number of halogens is 1. The van der Waals surface area contributed by atoms with Crippen molar-refractivity contribution in [3.05, 3.63) is 63.2 Å². The Labute approximate surface area is 220 Å². The lowest BCUT2D eigenvalue weighted by atomic mass is 10.1. The van der Waals surface area contributed by atoms with Crippen LogP contribution in [0.15, 0.2) is 46.5 Å². The van der Waals surface area contributed by atoms with Crippen LogP contribution in [0.2, 0.25) is 0 Å². The van der Waals surface area contributed by atoms with Gasteiger partial charge in [0.1, 0.15) is 17.4 Å². The first kappa shape index (κ1) is 25.5. The van der Waals surface area contributed by atoms with Gasteiger partial charge in [-0.3, -0.25) is 9.36 Å². The van der Waals surface area contributed by atoms with Gasteiger partial charge in [-0.05, 0) is 56.0 Å². The van der Waals surface area contributed by atoms with Crippen LogP contribution in [-0.2, 0) is 35.5 Å². The average Bonchev–Trinajstić information content (AvgIpc) is 3.53. The van der Waals surface area contributed by atoms with Crippen molar-refractivity contribution in [2.75, 3.05) is 17.7 Å². The van der Waals surface area contributed by atoms with Crippen LogP contribution in [0.1, 0.15) is 40.0 Å². The Morgan fingerprint density at radius 3 is 2.83 bits per heavy atom. The minimum absolute atomic E-state index is 0.119. The molecule has 0 unspecified atom stereocenters. The molecule has 0 radical (unpaired) electrons. The summed E-state index contributed by atoms with van der Waals surface area (Å²) in [6.07, 6.45) is 4.52. The number of carbonyl (C=O) groups is 2. The van der Waals surface area contributed by atoms with E-state index in [1.807, 2.05) is 28.8 Å². The number of nitrogens with one attached hydrogen (secondary N) is 1. The zero-order valence-corrected chi connectivity index (χ0v) is 22.4. The molecule has 0 fully saturated rings. The molecule has 11 heteroatoms. The van der Waals surface area contributed by atoms with E-state index >= 15 is 0 Å². The van der Waals surface area contributed by atoms with Crippen LogP contribution in [0.3, 0.4) is 0 Å². The molecule has 2 heterocycles. The van der Waals surface area contributed by atoms with E-state index < -0.39 is 0 Å². The summed E-state index contributed by atoms with van der Waals surface area (Å²) in [4.78, 5) is 26.5. The van der Waals surface area contributed by atoms with E-state index in [2.05, 4.69) is 38.0 Å². The minimum atomic E-state index is -0.379. The third-order valence-electron chi connectivity index (χ3n) is 5.27. The average molecular weight is 578 g/mol. The second-order valence-electron chi connectivity index (χ2n) is 7.66. The second-order valence-corrected chi connectivity index (χ2v) is 10.6. The molecule has 35 heavy (non-hydrogen) atoms. The Hall–Kier alpha value is -2.63. The fourth-order valence-electron chi connectivity index (χ4n) is 3.73. The molecule has 1 aliphatic rings. The Bertz CT molecular complexity index is 1220. The monoisotopic (exact) mass is 576 g/mol. The number of hydrogen-bond acceptors (Lipinski definition) is 8. The predicted molar refractivity (Wildman–Crippen MR) is 140 cm³/mol. The molecular weight excluding hydrogens is 552 g/mol. The number of aryl methyl sites for hydroxylation is 1. The van der Waals surface area contributed by atoms with Gasteiger partial charge in [0.15, 0.2) is 11.0 Å². The lowest BCUT2D eigenvalue weighted by Crippen LogP contribution is -2.17. The molecule has 3 aromatic rings. The summed E-state index contributed by atoms with van der Waals surface area (Å²) in [5, 5.41) is 12.5. The van der Waals surface area contributed by atoms with Crippen LogP contribution in [0, 0.1) is 0 Å². The largest absolute Gasteiger partial charge is 0.486 e. The second kappa shape index (κ2) is 11.9. The topological polar surface area (TPSA) is 95.3 Å². The van der Waals surface area contributed by atoms with Gasteiger partial charge in [-0.15, -0.1) is 28.1 Å². The van der Waals surface area contributed by atoms with Crippen molar-refractivity contribution < 1.29 is 19.1 Å². The maximum absolute atomic E-state index is 12.8. The van der Waals surface area contributed by atoms with Gasteiger partial charge >= 0.3 is 5.97 Å². The predicted octanol–water partition coefficient (Wildman–Crippen LogP) is 5.26. The highest BCUT2D eigenvalue weighted by Gasteiger charge is 2.28. The number of amides is 1. The molecule has 0 bridgehead atoms. The van der Waals surface area contributed by atoms with Crippen molar-refractivity contribution in [3.8, 4) is 5.75 Å². The molecule has 1 amide bonds. The zero-order chi connectivity index (χ0) is 24.8. The smallest absolute Gasteiger partial charge is 0.341 e. The van der Waals surface area contributed by atoms with E-state index in [0.717, 1.165) is 39.9 Å². The first-order valence-corrected chi connectivity index (χ1v) is 13.7. The zero-order valence-electron chi connectivity index (χ0n) is 19.2. The van der Waals surface area contributed by atoms with E-state index in [9.17, 15) is 9.59 Å². The summed E-state index contributed by atoms with van der Waals surface area (Å²) in [5.41, 5.74) is 1.52.